The van der Waals surface area contributed by atoms with Crippen LogP contribution in [0.1, 0.15) is 48.2 Å². The molecule has 1 saturated carbocycles. The number of esters is 1. The number of ether oxygens (including phenoxy) is 2. The smallest absolute Gasteiger partial charge is 0.337 e. The van der Waals surface area contributed by atoms with E-state index in [-0.39, 0.29) is 0 Å². The molecule has 10 heteroatoms. The number of methoxy groups -OCH3 is 1. The van der Waals surface area contributed by atoms with E-state index in [2.05, 4.69) is 41.6 Å². The number of carbonyl (C=O) groups is 1. The number of benzene rings is 1. The van der Waals surface area contributed by atoms with E-state index in [4.69, 9.17) is 15.2 Å². The van der Waals surface area contributed by atoms with E-state index in [0.717, 1.165) is 52.1 Å². The van der Waals surface area contributed by atoms with E-state index in [1.54, 1.807) is 23.0 Å². The van der Waals surface area contributed by atoms with Gasteiger partial charge in [0.05, 0.1) is 47.8 Å². The van der Waals surface area contributed by atoms with Crippen LogP contribution in [0.3, 0.4) is 0 Å². The molecule has 3 heterocycles. The Hall–Kier alpha value is -3.40. The molecule has 2 N–H and O–H groups in total. The Morgan fingerprint density at radius 1 is 1.24 bits per heavy atom. The van der Waals surface area contributed by atoms with E-state index >= 15 is 0 Å². The molecule has 0 amide bonds. The summed E-state index contributed by atoms with van der Waals surface area (Å²) < 4.78 is 16.0. The molecule has 4 aromatic rings. The molecule has 0 saturated heterocycles. The van der Waals surface area contributed by atoms with Gasteiger partial charge in [0, 0.05) is 23.8 Å². The van der Waals surface area contributed by atoms with Crippen LogP contribution in [0.25, 0.3) is 22.3 Å². The van der Waals surface area contributed by atoms with E-state index < -0.39 is 5.97 Å². The molecule has 200 valence electrons. The van der Waals surface area contributed by atoms with Gasteiger partial charge in [-0.25, -0.2) is 14.5 Å². The van der Waals surface area contributed by atoms with Crippen molar-refractivity contribution in [3.63, 3.8) is 0 Å². The highest BCUT2D eigenvalue weighted by atomic mass is 79.9. The zero-order chi connectivity index (χ0) is 26.8. The van der Waals surface area contributed by atoms with E-state index in [1.807, 2.05) is 26.1 Å². The Morgan fingerprint density at radius 2 is 2.05 bits per heavy atom. The summed E-state index contributed by atoms with van der Waals surface area (Å²) in [6, 6.07) is 9.55. The number of fused-ring (bicyclic) bond motifs is 1. The van der Waals surface area contributed by atoms with Gasteiger partial charge >= 0.3 is 5.97 Å². The van der Waals surface area contributed by atoms with Crippen molar-refractivity contribution >= 4 is 38.9 Å². The SMILES string of the molecule is COC(=O)c1cc(C)nc(-c2cnn(C)c2OCCC[C@@H](CC2CC2)Cn2c(N)nc3cc(Br)ccc32)c1. The summed E-state index contributed by atoms with van der Waals surface area (Å²) in [4.78, 5) is 21.3. The fourth-order valence-electron chi connectivity index (χ4n) is 5.04. The second-order valence-corrected chi connectivity index (χ2v) is 11.0. The van der Waals surface area contributed by atoms with E-state index in [9.17, 15) is 4.79 Å². The van der Waals surface area contributed by atoms with E-state index in [0.29, 0.717) is 35.6 Å². The number of hydrogen-bond donors (Lipinski definition) is 1. The van der Waals surface area contributed by atoms with Crippen LogP contribution in [-0.4, -0.2) is 44.0 Å². The number of anilines is 1. The van der Waals surface area contributed by atoms with Crippen molar-refractivity contribution in [3.05, 3.63) is 52.3 Å². The molecule has 1 atom stereocenters. The minimum absolute atomic E-state index is 0.399. The molecular formula is C28H33BrN6O3. The highest BCUT2D eigenvalue weighted by Crippen LogP contribution is 2.38. The molecule has 0 unspecified atom stereocenters. The van der Waals surface area contributed by atoms with Gasteiger partial charge in [-0.1, -0.05) is 28.8 Å². The van der Waals surface area contributed by atoms with Crippen LogP contribution in [0.2, 0.25) is 0 Å². The monoisotopic (exact) mass is 580 g/mol. The molecule has 1 aliphatic carbocycles. The summed E-state index contributed by atoms with van der Waals surface area (Å²) in [5, 5.41) is 4.38. The van der Waals surface area contributed by atoms with Gasteiger partial charge in [0.15, 0.2) is 0 Å². The van der Waals surface area contributed by atoms with Crippen LogP contribution >= 0.6 is 15.9 Å². The lowest BCUT2D eigenvalue weighted by Crippen LogP contribution is -2.15. The maximum atomic E-state index is 12.1. The molecule has 1 aromatic carbocycles. The topological polar surface area (TPSA) is 110 Å². The van der Waals surface area contributed by atoms with Crippen molar-refractivity contribution in [2.75, 3.05) is 19.5 Å². The number of nitrogen functional groups attached to an aromatic ring is 1. The Kier molecular flexibility index (Phi) is 7.69. The fourth-order valence-corrected chi connectivity index (χ4v) is 5.39. The van der Waals surface area contributed by atoms with Gasteiger partial charge in [0.25, 0.3) is 0 Å². The molecular weight excluding hydrogens is 548 g/mol. The summed E-state index contributed by atoms with van der Waals surface area (Å²) in [6.45, 7) is 3.25. The van der Waals surface area contributed by atoms with Gasteiger partial charge in [-0.2, -0.15) is 5.10 Å². The average Bonchev–Trinajstić information content (AvgIpc) is 3.56. The van der Waals surface area contributed by atoms with Gasteiger partial charge in [-0.3, -0.25) is 4.98 Å². The third kappa shape index (κ3) is 5.85. The number of nitrogens with two attached hydrogens (primary N) is 1. The van der Waals surface area contributed by atoms with Gasteiger partial charge in [-0.15, -0.1) is 0 Å². The first kappa shape index (κ1) is 26.2. The number of rotatable bonds is 11. The Morgan fingerprint density at radius 3 is 2.82 bits per heavy atom. The van der Waals surface area contributed by atoms with Crippen LogP contribution in [0.5, 0.6) is 5.88 Å². The highest BCUT2D eigenvalue weighted by molar-refractivity contribution is 9.10. The number of imidazole rings is 1. The fraction of sp³-hybridized carbons (Fsp3) is 0.429. The number of carbonyl (C=O) groups excluding carboxylic acids is 1. The maximum Gasteiger partial charge on any atom is 0.337 e. The molecule has 5 rings (SSSR count). The molecule has 1 aliphatic rings. The summed E-state index contributed by atoms with van der Waals surface area (Å²) in [5.41, 5.74) is 10.9. The summed E-state index contributed by atoms with van der Waals surface area (Å²) in [7, 11) is 3.21. The molecule has 1 fully saturated rings. The third-order valence-corrected chi connectivity index (χ3v) is 7.57. The zero-order valence-electron chi connectivity index (χ0n) is 22.0. The highest BCUT2D eigenvalue weighted by Gasteiger charge is 2.26. The van der Waals surface area contributed by atoms with Crippen molar-refractivity contribution in [1.82, 2.24) is 24.3 Å². The standard InChI is InChI=1S/C28H33BrN6O3/c1-17-11-20(27(36)37-3)13-23(32-17)22-15-31-34(2)26(22)38-10-4-5-19(12-18-6-7-18)16-35-25-9-8-21(29)14-24(25)33-28(35)30/h8-9,11,13-15,18-19H,4-7,10,12,16H2,1-3H3,(H2,30,33)/t19-/m0/s1. The Labute approximate surface area is 230 Å². The second-order valence-electron chi connectivity index (χ2n) is 10.1. The quantitative estimate of drug-likeness (QED) is 0.183. The Bertz CT molecular complexity index is 1460. The largest absolute Gasteiger partial charge is 0.477 e. The molecule has 0 bridgehead atoms. The van der Waals surface area contributed by atoms with Gasteiger partial charge in [0.2, 0.25) is 11.8 Å². The zero-order valence-corrected chi connectivity index (χ0v) is 23.6. The predicted octanol–water partition coefficient (Wildman–Crippen LogP) is 5.55. The summed E-state index contributed by atoms with van der Waals surface area (Å²) in [5.74, 6) is 2.09. The number of hydrogen-bond acceptors (Lipinski definition) is 7. The van der Waals surface area contributed by atoms with Crippen molar-refractivity contribution in [2.24, 2.45) is 18.9 Å². The predicted molar refractivity (Wildman–Crippen MR) is 150 cm³/mol. The number of aryl methyl sites for hydroxylation is 2. The van der Waals surface area contributed by atoms with Crippen molar-refractivity contribution in [2.45, 2.75) is 45.6 Å². The van der Waals surface area contributed by atoms with Gasteiger partial charge in [0.1, 0.15) is 0 Å². The van der Waals surface area contributed by atoms with Crippen LogP contribution in [0, 0.1) is 18.8 Å². The normalized spacial score (nSPS) is 14.1. The number of pyridine rings is 1. The summed E-state index contributed by atoms with van der Waals surface area (Å²) >= 11 is 3.52. The molecule has 0 radical (unpaired) electrons. The Balaban J connectivity index is 1.26. The van der Waals surface area contributed by atoms with Crippen molar-refractivity contribution in [1.29, 1.82) is 0 Å². The third-order valence-electron chi connectivity index (χ3n) is 7.07. The van der Waals surface area contributed by atoms with Gasteiger partial charge < -0.3 is 19.8 Å². The maximum absolute atomic E-state index is 12.1. The minimum atomic E-state index is -0.399. The molecule has 0 spiro atoms. The van der Waals surface area contributed by atoms with Crippen LogP contribution < -0.4 is 10.5 Å². The van der Waals surface area contributed by atoms with Crippen LogP contribution in [0.4, 0.5) is 5.95 Å². The number of nitrogens with zero attached hydrogens (tertiary/aromatic N) is 5. The molecule has 3 aromatic heterocycles. The first-order valence-corrected chi connectivity index (χ1v) is 13.7. The molecule has 38 heavy (non-hydrogen) atoms. The van der Waals surface area contributed by atoms with Gasteiger partial charge in [-0.05, 0) is 68.4 Å². The lowest BCUT2D eigenvalue weighted by molar-refractivity contribution is 0.0600. The van der Waals surface area contributed by atoms with E-state index in [1.165, 1.54) is 26.4 Å². The first-order chi connectivity index (χ1) is 18.3. The lowest BCUT2D eigenvalue weighted by atomic mass is 9.96. The molecule has 9 nitrogen and oxygen atoms in total. The van der Waals surface area contributed by atoms with Crippen LogP contribution in [0.15, 0.2) is 41.0 Å². The number of halogens is 1. The van der Waals surface area contributed by atoms with Crippen molar-refractivity contribution < 1.29 is 14.3 Å². The second kappa shape index (κ2) is 11.1. The average molecular weight is 582 g/mol. The van der Waals surface area contributed by atoms with Crippen molar-refractivity contribution in [3.8, 4) is 17.1 Å². The lowest BCUT2D eigenvalue weighted by Gasteiger charge is -2.19. The van der Waals surface area contributed by atoms with Crippen LogP contribution in [-0.2, 0) is 18.3 Å². The first-order valence-electron chi connectivity index (χ1n) is 13.0. The minimum Gasteiger partial charge on any atom is -0.477 e. The number of aromatic nitrogens is 5. The summed E-state index contributed by atoms with van der Waals surface area (Å²) in [6.07, 6.45) is 7.46. The molecule has 0 aliphatic heterocycles.